The quantitative estimate of drug-likeness (QED) is 0.807. The van der Waals surface area contributed by atoms with E-state index in [0.717, 1.165) is 17.0 Å². The minimum absolute atomic E-state index is 0.333. The van der Waals surface area contributed by atoms with E-state index in [1.807, 2.05) is 6.92 Å². The molecule has 2 rings (SSSR count). The third-order valence-electron chi connectivity index (χ3n) is 3.33. The Morgan fingerprint density at radius 3 is 2.50 bits per heavy atom. The van der Waals surface area contributed by atoms with Crippen LogP contribution < -0.4 is 5.73 Å². The number of hydrogen-bond acceptors (Lipinski definition) is 1. The van der Waals surface area contributed by atoms with Crippen molar-refractivity contribution in [2.45, 2.75) is 39.2 Å². The molecule has 3 nitrogen and oxygen atoms in total. The zero-order valence-electron chi connectivity index (χ0n) is 9.72. The Hall–Kier alpha value is -0.960. The van der Waals surface area contributed by atoms with E-state index in [-0.39, 0.29) is 5.91 Å². The largest absolute Gasteiger partial charge is 0.366 e. The zero-order chi connectivity index (χ0) is 11.9. The van der Waals surface area contributed by atoms with Gasteiger partial charge in [-0.3, -0.25) is 4.79 Å². The van der Waals surface area contributed by atoms with Gasteiger partial charge < -0.3 is 10.3 Å². The van der Waals surface area contributed by atoms with E-state index in [9.17, 15) is 4.79 Å². The van der Waals surface area contributed by atoms with E-state index in [0.29, 0.717) is 23.9 Å². The maximum Gasteiger partial charge on any atom is 0.250 e. The second kappa shape index (κ2) is 4.13. The molecule has 0 saturated heterocycles. The first-order valence-electron chi connectivity index (χ1n) is 5.64. The fraction of sp³-hybridized carbons (Fsp3) is 0.583. The summed E-state index contributed by atoms with van der Waals surface area (Å²) >= 11 is 5.78. The van der Waals surface area contributed by atoms with Gasteiger partial charge in [0, 0.05) is 23.3 Å². The van der Waals surface area contributed by atoms with Gasteiger partial charge in [0.1, 0.15) is 0 Å². The second-order valence-electron chi connectivity index (χ2n) is 4.43. The van der Waals surface area contributed by atoms with Crippen molar-refractivity contribution < 1.29 is 4.79 Å². The first-order chi connectivity index (χ1) is 7.57. The predicted molar refractivity (Wildman–Crippen MR) is 65.1 cm³/mol. The minimum atomic E-state index is -0.333. The number of carbonyl (C=O) groups is 1. The number of carbonyl (C=O) groups excluding carboxylic acids is 1. The van der Waals surface area contributed by atoms with Crippen LogP contribution >= 0.6 is 11.6 Å². The minimum Gasteiger partial charge on any atom is -0.366 e. The molecule has 1 fully saturated rings. The molecule has 2 N–H and O–H groups in total. The molecule has 1 heterocycles. The van der Waals surface area contributed by atoms with Crippen LogP contribution in [0.2, 0.25) is 0 Å². The topological polar surface area (TPSA) is 48.0 Å². The molecule has 0 bridgehead atoms. The van der Waals surface area contributed by atoms with Crippen molar-refractivity contribution in [2.24, 2.45) is 5.73 Å². The molecule has 0 aliphatic heterocycles. The molecule has 0 aromatic carbocycles. The molecule has 0 spiro atoms. The maximum atomic E-state index is 11.5. The average Bonchev–Trinajstić information content (AvgIpc) is 2.97. The van der Waals surface area contributed by atoms with Gasteiger partial charge in [0.15, 0.2) is 0 Å². The number of primary amides is 1. The molecule has 0 atom stereocenters. The highest BCUT2D eigenvalue weighted by atomic mass is 35.5. The molecule has 1 aliphatic carbocycles. The van der Waals surface area contributed by atoms with Crippen LogP contribution in [0.25, 0.3) is 0 Å². The van der Waals surface area contributed by atoms with Crippen molar-refractivity contribution in [3.8, 4) is 0 Å². The van der Waals surface area contributed by atoms with Gasteiger partial charge in [-0.15, -0.1) is 11.6 Å². The van der Waals surface area contributed by atoms with Gasteiger partial charge in [-0.2, -0.15) is 0 Å². The molecular weight excluding hydrogens is 224 g/mol. The number of rotatable bonds is 4. The molecular formula is C12H17ClN2O. The van der Waals surface area contributed by atoms with E-state index >= 15 is 0 Å². The molecule has 1 aromatic rings. The standard InChI is InChI=1S/C12H17ClN2O/c1-7-10(5-6-13)11(12(14)16)8(2)15(7)9-3-4-9/h9H,3-6H2,1-2H3,(H2,14,16). The van der Waals surface area contributed by atoms with E-state index in [1.165, 1.54) is 12.8 Å². The molecule has 4 heteroatoms. The van der Waals surface area contributed by atoms with Gasteiger partial charge in [0.25, 0.3) is 5.91 Å². The molecule has 1 aromatic heterocycles. The van der Waals surface area contributed by atoms with Gasteiger partial charge in [-0.25, -0.2) is 0 Å². The Morgan fingerprint density at radius 2 is 2.06 bits per heavy atom. The summed E-state index contributed by atoms with van der Waals surface area (Å²) in [6, 6.07) is 0.571. The summed E-state index contributed by atoms with van der Waals surface area (Å²) in [7, 11) is 0. The van der Waals surface area contributed by atoms with Crippen LogP contribution in [0.15, 0.2) is 0 Å². The average molecular weight is 241 g/mol. The van der Waals surface area contributed by atoms with Crippen molar-refractivity contribution in [1.29, 1.82) is 0 Å². The maximum absolute atomic E-state index is 11.5. The molecule has 1 aliphatic rings. The van der Waals surface area contributed by atoms with Crippen molar-refractivity contribution >= 4 is 17.5 Å². The Labute approximate surface area is 101 Å². The highest BCUT2D eigenvalue weighted by Gasteiger charge is 2.30. The number of halogens is 1. The predicted octanol–water partition coefficient (Wildman–Crippen LogP) is 2.32. The normalized spacial score (nSPS) is 15.4. The number of amides is 1. The van der Waals surface area contributed by atoms with Crippen molar-refractivity contribution in [3.63, 3.8) is 0 Å². The summed E-state index contributed by atoms with van der Waals surface area (Å²) in [5.41, 5.74) is 9.34. The number of nitrogens with zero attached hydrogens (tertiary/aromatic N) is 1. The molecule has 16 heavy (non-hydrogen) atoms. The fourth-order valence-electron chi connectivity index (χ4n) is 2.52. The lowest BCUT2D eigenvalue weighted by atomic mass is 10.1. The van der Waals surface area contributed by atoms with Crippen LogP contribution in [-0.2, 0) is 6.42 Å². The second-order valence-corrected chi connectivity index (χ2v) is 4.81. The number of nitrogens with two attached hydrogens (primary N) is 1. The smallest absolute Gasteiger partial charge is 0.250 e. The van der Waals surface area contributed by atoms with E-state index in [4.69, 9.17) is 17.3 Å². The van der Waals surface area contributed by atoms with Crippen LogP contribution in [-0.4, -0.2) is 16.4 Å². The summed E-state index contributed by atoms with van der Waals surface area (Å²) in [4.78, 5) is 11.5. The number of hydrogen-bond donors (Lipinski definition) is 1. The van der Waals surface area contributed by atoms with Gasteiger partial charge in [-0.1, -0.05) is 0 Å². The molecule has 0 radical (unpaired) electrons. The van der Waals surface area contributed by atoms with Crippen molar-refractivity contribution in [3.05, 3.63) is 22.5 Å². The Kier molecular flexibility index (Phi) is 2.98. The Morgan fingerprint density at radius 1 is 1.44 bits per heavy atom. The van der Waals surface area contributed by atoms with Crippen LogP contribution in [0.1, 0.15) is 46.2 Å². The first kappa shape index (κ1) is 11.5. The van der Waals surface area contributed by atoms with Crippen LogP contribution in [0, 0.1) is 13.8 Å². The Bertz CT molecular complexity index is 433. The highest BCUT2D eigenvalue weighted by Crippen LogP contribution is 2.39. The van der Waals surface area contributed by atoms with Crippen LogP contribution in [0.3, 0.4) is 0 Å². The van der Waals surface area contributed by atoms with E-state index in [1.54, 1.807) is 0 Å². The van der Waals surface area contributed by atoms with Crippen molar-refractivity contribution in [1.82, 2.24) is 4.57 Å². The fourth-order valence-corrected chi connectivity index (χ4v) is 2.71. The van der Waals surface area contributed by atoms with Gasteiger partial charge in [0.2, 0.25) is 0 Å². The lowest BCUT2D eigenvalue weighted by Gasteiger charge is -2.07. The van der Waals surface area contributed by atoms with Crippen LogP contribution in [0.5, 0.6) is 0 Å². The third kappa shape index (κ3) is 1.73. The summed E-state index contributed by atoms with van der Waals surface area (Å²) in [5.74, 6) is 0.190. The SMILES string of the molecule is Cc1c(CCCl)c(C(N)=O)c(C)n1C1CC1. The number of alkyl halides is 1. The van der Waals surface area contributed by atoms with Gasteiger partial charge in [-0.05, 0) is 38.7 Å². The lowest BCUT2D eigenvalue weighted by Crippen LogP contribution is -2.14. The molecule has 1 saturated carbocycles. The molecule has 88 valence electrons. The summed E-state index contributed by atoms with van der Waals surface area (Å²) < 4.78 is 2.25. The van der Waals surface area contributed by atoms with Gasteiger partial charge >= 0.3 is 0 Å². The lowest BCUT2D eigenvalue weighted by molar-refractivity contribution is 0.0999. The first-order valence-corrected chi connectivity index (χ1v) is 6.17. The molecule has 0 unspecified atom stereocenters. The summed E-state index contributed by atoms with van der Waals surface area (Å²) in [6.45, 7) is 4.03. The highest BCUT2D eigenvalue weighted by molar-refractivity contribution is 6.18. The van der Waals surface area contributed by atoms with E-state index < -0.39 is 0 Å². The third-order valence-corrected chi connectivity index (χ3v) is 3.51. The monoisotopic (exact) mass is 240 g/mol. The van der Waals surface area contributed by atoms with E-state index in [2.05, 4.69) is 11.5 Å². The number of aromatic nitrogens is 1. The zero-order valence-corrected chi connectivity index (χ0v) is 10.5. The summed E-state index contributed by atoms with van der Waals surface area (Å²) in [6.07, 6.45) is 3.12. The Balaban J connectivity index is 2.56. The van der Waals surface area contributed by atoms with Gasteiger partial charge in [0.05, 0.1) is 5.56 Å². The van der Waals surface area contributed by atoms with Crippen LogP contribution in [0.4, 0.5) is 0 Å². The summed E-state index contributed by atoms with van der Waals surface area (Å²) in [5, 5.41) is 0. The molecule has 1 amide bonds. The van der Waals surface area contributed by atoms with Crippen molar-refractivity contribution in [2.75, 3.05) is 5.88 Å².